The standard InChI is InChI=1S/C10H16N4O4/c1-5(15)8(10(17)18)14-9(16)7(11)2-6-3-12-4-13-6/h3-5,7-8,15H,2,11H2,1H3,(H,12,13)(H,14,16)(H,17,18)/t5-,7-,8-/m0/s1. The van der Waals surface area contributed by atoms with Gasteiger partial charge in [0.1, 0.15) is 0 Å². The monoisotopic (exact) mass is 256 g/mol. The van der Waals surface area contributed by atoms with Crippen LogP contribution in [0, 0.1) is 0 Å². The smallest absolute Gasteiger partial charge is 0.328 e. The first-order valence-corrected chi connectivity index (χ1v) is 5.36. The summed E-state index contributed by atoms with van der Waals surface area (Å²) in [5.74, 6) is -1.95. The van der Waals surface area contributed by atoms with E-state index in [1.165, 1.54) is 19.4 Å². The number of nitrogens with two attached hydrogens (primary N) is 1. The number of nitrogens with zero attached hydrogens (tertiary/aromatic N) is 1. The van der Waals surface area contributed by atoms with Gasteiger partial charge in [-0.25, -0.2) is 9.78 Å². The first-order chi connectivity index (χ1) is 8.41. The van der Waals surface area contributed by atoms with Crippen LogP contribution in [0.5, 0.6) is 0 Å². The van der Waals surface area contributed by atoms with Gasteiger partial charge in [-0.05, 0) is 6.92 Å². The molecule has 0 aliphatic heterocycles. The molecular formula is C10H16N4O4. The van der Waals surface area contributed by atoms with Gasteiger partial charge in [-0.2, -0.15) is 0 Å². The van der Waals surface area contributed by atoms with Crippen LogP contribution in [0.2, 0.25) is 0 Å². The summed E-state index contributed by atoms with van der Waals surface area (Å²) in [6, 6.07) is -2.28. The molecule has 0 aliphatic rings. The van der Waals surface area contributed by atoms with Crippen LogP contribution in [-0.2, 0) is 16.0 Å². The zero-order valence-electron chi connectivity index (χ0n) is 9.83. The number of amides is 1. The highest BCUT2D eigenvalue weighted by Gasteiger charge is 2.27. The molecule has 18 heavy (non-hydrogen) atoms. The lowest BCUT2D eigenvalue weighted by atomic mass is 10.1. The molecule has 0 aromatic carbocycles. The van der Waals surface area contributed by atoms with Crippen LogP contribution >= 0.6 is 0 Å². The minimum atomic E-state index is -1.37. The highest BCUT2D eigenvalue weighted by atomic mass is 16.4. The number of carbonyl (C=O) groups excluding carboxylic acids is 1. The van der Waals surface area contributed by atoms with E-state index in [9.17, 15) is 14.7 Å². The van der Waals surface area contributed by atoms with Gasteiger partial charge in [0, 0.05) is 18.3 Å². The molecule has 100 valence electrons. The average Bonchev–Trinajstić information content (AvgIpc) is 2.77. The number of aromatic nitrogens is 2. The molecule has 1 rings (SSSR count). The largest absolute Gasteiger partial charge is 0.480 e. The molecule has 0 radical (unpaired) electrons. The van der Waals surface area contributed by atoms with Gasteiger partial charge in [-0.15, -0.1) is 0 Å². The number of aliphatic hydroxyl groups is 1. The van der Waals surface area contributed by atoms with Gasteiger partial charge in [0.15, 0.2) is 6.04 Å². The summed E-state index contributed by atoms with van der Waals surface area (Å²) < 4.78 is 0. The summed E-state index contributed by atoms with van der Waals surface area (Å²) in [5, 5.41) is 20.2. The van der Waals surface area contributed by atoms with Crippen LogP contribution in [0.4, 0.5) is 0 Å². The maximum absolute atomic E-state index is 11.6. The van der Waals surface area contributed by atoms with Gasteiger partial charge < -0.3 is 26.2 Å². The Balaban J connectivity index is 2.56. The molecule has 0 aliphatic carbocycles. The van der Waals surface area contributed by atoms with Crippen molar-refractivity contribution in [1.29, 1.82) is 0 Å². The first kappa shape index (κ1) is 14.1. The highest BCUT2D eigenvalue weighted by Crippen LogP contribution is 1.99. The molecule has 0 saturated carbocycles. The fraction of sp³-hybridized carbons (Fsp3) is 0.500. The molecule has 8 nitrogen and oxygen atoms in total. The van der Waals surface area contributed by atoms with Crippen molar-refractivity contribution in [3.63, 3.8) is 0 Å². The minimum absolute atomic E-state index is 0.206. The van der Waals surface area contributed by atoms with Crippen molar-refractivity contribution in [3.8, 4) is 0 Å². The van der Waals surface area contributed by atoms with Crippen LogP contribution in [-0.4, -0.2) is 50.2 Å². The van der Waals surface area contributed by atoms with Crippen molar-refractivity contribution >= 4 is 11.9 Å². The Morgan fingerprint density at radius 3 is 2.72 bits per heavy atom. The van der Waals surface area contributed by atoms with Crippen LogP contribution in [0.15, 0.2) is 12.5 Å². The predicted octanol–water partition coefficient (Wildman–Crippen LogP) is -1.77. The van der Waals surface area contributed by atoms with E-state index in [1.807, 2.05) is 0 Å². The summed E-state index contributed by atoms with van der Waals surface area (Å²) in [4.78, 5) is 29.0. The summed E-state index contributed by atoms with van der Waals surface area (Å²) >= 11 is 0. The number of aliphatic hydroxyl groups excluding tert-OH is 1. The molecule has 0 fully saturated rings. The fourth-order valence-corrected chi connectivity index (χ4v) is 1.37. The minimum Gasteiger partial charge on any atom is -0.480 e. The second-order valence-electron chi connectivity index (χ2n) is 3.95. The van der Waals surface area contributed by atoms with Gasteiger partial charge in [-0.1, -0.05) is 0 Å². The lowest BCUT2D eigenvalue weighted by Gasteiger charge is -2.19. The number of imidazole rings is 1. The fourth-order valence-electron chi connectivity index (χ4n) is 1.37. The summed E-state index contributed by atoms with van der Waals surface area (Å²) in [6.07, 6.45) is 1.98. The average molecular weight is 256 g/mol. The van der Waals surface area contributed by atoms with E-state index >= 15 is 0 Å². The Hall–Kier alpha value is -1.93. The van der Waals surface area contributed by atoms with E-state index in [0.717, 1.165) is 0 Å². The molecule has 0 unspecified atom stereocenters. The van der Waals surface area contributed by atoms with Crippen molar-refractivity contribution in [2.75, 3.05) is 0 Å². The number of nitrogens with one attached hydrogen (secondary N) is 2. The summed E-state index contributed by atoms with van der Waals surface area (Å²) in [7, 11) is 0. The van der Waals surface area contributed by atoms with Crippen LogP contribution in [0.25, 0.3) is 0 Å². The molecule has 1 aromatic rings. The third kappa shape index (κ3) is 3.82. The van der Waals surface area contributed by atoms with E-state index in [1.54, 1.807) is 0 Å². The Morgan fingerprint density at radius 1 is 1.61 bits per heavy atom. The van der Waals surface area contributed by atoms with E-state index in [4.69, 9.17) is 10.8 Å². The number of carboxylic acids is 1. The second kappa shape index (κ2) is 6.12. The number of carbonyl (C=O) groups is 2. The van der Waals surface area contributed by atoms with E-state index in [2.05, 4.69) is 15.3 Å². The Morgan fingerprint density at radius 2 is 2.28 bits per heavy atom. The number of carboxylic acid groups (broad SMARTS) is 1. The molecule has 1 heterocycles. The van der Waals surface area contributed by atoms with E-state index < -0.39 is 30.1 Å². The van der Waals surface area contributed by atoms with E-state index in [0.29, 0.717) is 5.69 Å². The van der Waals surface area contributed by atoms with Gasteiger partial charge in [0.2, 0.25) is 5.91 Å². The van der Waals surface area contributed by atoms with Crippen molar-refractivity contribution < 1.29 is 19.8 Å². The normalized spacial score (nSPS) is 15.7. The molecule has 3 atom stereocenters. The van der Waals surface area contributed by atoms with Gasteiger partial charge in [0.25, 0.3) is 0 Å². The van der Waals surface area contributed by atoms with Crippen LogP contribution < -0.4 is 11.1 Å². The Bertz CT molecular complexity index is 404. The predicted molar refractivity (Wildman–Crippen MR) is 61.5 cm³/mol. The SMILES string of the molecule is C[C@H](O)[C@H](NC(=O)[C@@H](N)Cc1cnc[nH]1)C(=O)O. The molecule has 8 heteroatoms. The number of aromatic amines is 1. The third-order valence-corrected chi connectivity index (χ3v) is 2.38. The van der Waals surface area contributed by atoms with Crippen molar-refractivity contribution in [2.45, 2.75) is 31.5 Å². The molecule has 1 aromatic heterocycles. The topological polar surface area (TPSA) is 141 Å². The van der Waals surface area contributed by atoms with Crippen molar-refractivity contribution in [3.05, 3.63) is 18.2 Å². The first-order valence-electron chi connectivity index (χ1n) is 5.36. The number of rotatable bonds is 6. The van der Waals surface area contributed by atoms with Gasteiger partial charge in [-0.3, -0.25) is 4.79 Å². The van der Waals surface area contributed by atoms with Crippen molar-refractivity contribution in [1.82, 2.24) is 15.3 Å². The third-order valence-electron chi connectivity index (χ3n) is 2.38. The molecule has 6 N–H and O–H groups in total. The van der Waals surface area contributed by atoms with Crippen LogP contribution in [0.3, 0.4) is 0 Å². The number of H-pyrrole nitrogens is 1. The molecule has 1 amide bonds. The maximum atomic E-state index is 11.6. The number of aliphatic carboxylic acids is 1. The summed E-state index contributed by atoms with van der Waals surface area (Å²) in [5.41, 5.74) is 6.29. The molecular weight excluding hydrogens is 240 g/mol. The zero-order valence-corrected chi connectivity index (χ0v) is 9.83. The van der Waals surface area contributed by atoms with Crippen LogP contribution in [0.1, 0.15) is 12.6 Å². The lowest BCUT2D eigenvalue weighted by Crippen LogP contribution is -2.53. The van der Waals surface area contributed by atoms with Gasteiger partial charge >= 0.3 is 5.97 Å². The highest BCUT2D eigenvalue weighted by molar-refractivity contribution is 5.87. The van der Waals surface area contributed by atoms with Crippen molar-refractivity contribution in [2.24, 2.45) is 5.73 Å². The zero-order chi connectivity index (χ0) is 13.7. The summed E-state index contributed by atoms with van der Waals surface area (Å²) in [6.45, 7) is 1.28. The number of hydrogen-bond acceptors (Lipinski definition) is 5. The van der Waals surface area contributed by atoms with Gasteiger partial charge in [0.05, 0.1) is 18.5 Å². The lowest BCUT2D eigenvalue weighted by molar-refractivity contribution is -0.144. The molecule has 0 spiro atoms. The quantitative estimate of drug-likeness (QED) is 0.408. The molecule has 0 bridgehead atoms. The van der Waals surface area contributed by atoms with E-state index in [-0.39, 0.29) is 6.42 Å². The second-order valence-corrected chi connectivity index (χ2v) is 3.95. The molecule has 0 saturated heterocycles. The number of hydrogen-bond donors (Lipinski definition) is 5. The Kier molecular flexibility index (Phi) is 4.81. The Labute approximate surface area is 103 Å². The maximum Gasteiger partial charge on any atom is 0.328 e.